The van der Waals surface area contributed by atoms with E-state index in [0.29, 0.717) is 18.9 Å². The summed E-state index contributed by atoms with van der Waals surface area (Å²) in [5.74, 6) is 0.570. The van der Waals surface area contributed by atoms with Crippen LogP contribution in [0.25, 0.3) is 0 Å². The summed E-state index contributed by atoms with van der Waals surface area (Å²) >= 11 is 3.45. The van der Waals surface area contributed by atoms with Crippen molar-refractivity contribution in [2.45, 2.75) is 70.6 Å². The van der Waals surface area contributed by atoms with Crippen LogP contribution >= 0.6 is 15.9 Å². The molecule has 0 fully saturated rings. The fourth-order valence-electron chi connectivity index (χ4n) is 2.66. The molecule has 1 rings (SSSR count). The third-order valence-electron chi connectivity index (χ3n) is 4.04. The lowest BCUT2D eigenvalue weighted by molar-refractivity contribution is -0.143. The van der Waals surface area contributed by atoms with Gasteiger partial charge in [-0.15, -0.1) is 0 Å². The Bertz CT molecular complexity index is 324. The van der Waals surface area contributed by atoms with Gasteiger partial charge < -0.3 is 4.74 Å². The van der Waals surface area contributed by atoms with Crippen LogP contribution in [0.2, 0.25) is 0 Å². The quantitative estimate of drug-likeness (QED) is 0.214. The fraction of sp³-hybridized carbons (Fsp3) is 0.737. The highest BCUT2D eigenvalue weighted by molar-refractivity contribution is 9.09. The minimum absolute atomic E-state index is 0.0187. The van der Waals surface area contributed by atoms with Crippen LogP contribution in [-0.2, 0) is 9.53 Å². The van der Waals surface area contributed by atoms with Crippen molar-refractivity contribution in [2.75, 3.05) is 11.9 Å². The molecule has 1 aliphatic rings. The molecular weight excluding hydrogens is 340 g/mol. The molecular formula is C19H31BrO2. The molecule has 22 heavy (non-hydrogen) atoms. The first kappa shape index (κ1) is 19.5. The molecule has 1 aliphatic carbocycles. The number of rotatable bonds is 14. The van der Waals surface area contributed by atoms with E-state index in [9.17, 15) is 4.79 Å². The number of allylic oxidation sites excluding steroid dienone is 4. The van der Waals surface area contributed by atoms with E-state index >= 15 is 0 Å². The maximum Gasteiger partial charge on any atom is 0.305 e. The Morgan fingerprint density at radius 1 is 0.864 bits per heavy atom. The van der Waals surface area contributed by atoms with Crippen LogP contribution in [0.1, 0.15) is 70.6 Å². The summed E-state index contributed by atoms with van der Waals surface area (Å²) in [6.45, 7) is 0.605. The highest BCUT2D eigenvalue weighted by Crippen LogP contribution is 2.17. The van der Waals surface area contributed by atoms with Crippen LogP contribution in [0.3, 0.4) is 0 Å². The number of unbranched alkanes of at least 4 members (excludes halogenated alkanes) is 7. The van der Waals surface area contributed by atoms with E-state index in [1.54, 1.807) is 0 Å². The van der Waals surface area contributed by atoms with E-state index in [-0.39, 0.29) is 5.97 Å². The van der Waals surface area contributed by atoms with E-state index in [0.717, 1.165) is 31.0 Å². The number of hydrogen-bond donors (Lipinski definition) is 0. The average Bonchev–Trinajstić information content (AvgIpc) is 3.03. The van der Waals surface area contributed by atoms with Gasteiger partial charge in [0, 0.05) is 11.8 Å². The average molecular weight is 371 g/mol. The smallest absolute Gasteiger partial charge is 0.305 e. The van der Waals surface area contributed by atoms with E-state index < -0.39 is 0 Å². The van der Waals surface area contributed by atoms with Crippen LogP contribution in [-0.4, -0.2) is 17.9 Å². The number of halogens is 1. The molecule has 0 heterocycles. The molecule has 126 valence electrons. The van der Waals surface area contributed by atoms with Gasteiger partial charge in [0.2, 0.25) is 0 Å². The Balaban J connectivity index is 1.79. The Hall–Kier alpha value is -0.570. The fourth-order valence-corrected chi connectivity index (χ4v) is 3.05. The molecule has 0 aliphatic heterocycles. The van der Waals surface area contributed by atoms with Crippen LogP contribution < -0.4 is 0 Å². The number of carbonyl (C=O) groups excluding carboxylic acids is 1. The van der Waals surface area contributed by atoms with Crippen molar-refractivity contribution in [3.05, 3.63) is 24.3 Å². The third kappa shape index (κ3) is 11.1. The molecule has 0 saturated carbocycles. The van der Waals surface area contributed by atoms with E-state index in [2.05, 4.69) is 40.2 Å². The van der Waals surface area contributed by atoms with Crippen molar-refractivity contribution in [1.29, 1.82) is 0 Å². The SMILES string of the molecule is O=C(CCCCC1C=CC=C1)OCCCCCCCCCBr. The highest BCUT2D eigenvalue weighted by atomic mass is 79.9. The summed E-state index contributed by atoms with van der Waals surface area (Å²) in [5.41, 5.74) is 0. The van der Waals surface area contributed by atoms with Gasteiger partial charge >= 0.3 is 5.97 Å². The normalized spacial score (nSPS) is 13.9. The molecule has 0 radical (unpaired) electrons. The van der Waals surface area contributed by atoms with Gasteiger partial charge in [0.1, 0.15) is 0 Å². The van der Waals surface area contributed by atoms with E-state index in [1.807, 2.05) is 0 Å². The summed E-state index contributed by atoms with van der Waals surface area (Å²) in [6, 6.07) is 0. The summed E-state index contributed by atoms with van der Waals surface area (Å²) in [4.78, 5) is 11.6. The molecule has 0 saturated heterocycles. The van der Waals surface area contributed by atoms with Gasteiger partial charge in [-0.3, -0.25) is 4.79 Å². The van der Waals surface area contributed by atoms with Crippen molar-refractivity contribution in [1.82, 2.24) is 0 Å². The Labute approximate surface area is 144 Å². The molecule has 0 bridgehead atoms. The second-order valence-electron chi connectivity index (χ2n) is 6.06. The topological polar surface area (TPSA) is 26.3 Å². The zero-order valence-electron chi connectivity index (χ0n) is 13.8. The Kier molecular flexibility index (Phi) is 12.4. The molecule has 0 spiro atoms. The second-order valence-corrected chi connectivity index (χ2v) is 6.86. The standard InChI is InChI=1S/C19H31BrO2/c20-16-10-4-2-1-3-5-11-17-22-19(21)15-9-8-14-18-12-6-7-13-18/h6-7,12-13,18H,1-5,8-11,14-17H2. The van der Waals surface area contributed by atoms with Crippen LogP contribution in [0.5, 0.6) is 0 Å². The highest BCUT2D eigenvalue weighted by Gasteiger charge is 2.06. The van der Waals surface area contributed by atoms with Crippen LogP contribution in [0.15, 0.2) is 24.3 Å². The predicted octanol–water partition coefficient (Wildman–Crippen LogP) is 5.96. The van der Waals surface area contributed by atoms with Crippen molar-refractivity contribution in [3.8, 4) is 0 Å². The van der Waals surface area contributed by atoms with Gasteiger partial charge in [-0.25, -0.2) is 0 Å². The first-order valence-corrected chi connectivity index (χ1v) is 10.0. The predicted molar refractivity (Wildman–Crippen MR) is 97.3 cm³/mol. The molecule has 0 aromatic rings. The van der Waals surface area contributed by atoms with Gasteiger partial charge in [-0.05, 0) is 31.6 Å². The molecule has 2 nitrogen and oxygen atoms in total. The summed E-state index contributed by atoms with van der Waals surface area (Å²) in [7, 11) is 0. The maximum atomic E-state index is 11.6. The Morgan fingerprint density at radius 3 is 2.18 bits per heavy atom. The van der Waals surface area contributed by atoms with Gasteiger partial charge in [0.05, 0.1) is 6.61 Å². The lowest BCUT2D eigenvalue weighted by Crippen LogP contribution is -2.05. The minimum atomic E-state index is -0.0187. The third-order valence-corrected chi connectivity index (χ3v) is 4.60. The molecule has 0 unspecified atom stereocenters. The van der Waals surface area contributed by atoms with Crippen molar-refractivity contribution >= 4 is 21.9 Å². The first-order chi connectivity index (χ1) is 10.8. The lowest BCUT2D eigenvalue weighted by atomic mass is 10.0. The van der Waals surface area contributed by atoms with Gasteiger partial charge in [-0.1, -0.05) is 78.8 Å². The molecule has 0 aromatic heterocycles. The lowest BCUT2D eigenvalue weighted by Gasteiger charge is -2.06. The number of esters is 1. The maximum absolute atomic E-state index is 11.6. The second kappa shape index (κ2) is 14.0. The number of carbonyl (C=O) groups is 1. The zero-order chi connectivity index (χ0) is 15.9. The van der Waals surface area contributed by atoms with Crippen LogP contribution in [0, 0.1) is 5.92 Å². The monoisotopic (exact) mass is 370 g/mol. The van der Waals surface area contributed by atoms with Gasteiger partial charge in [-0.2, -0.15) is 0 Å². The first-order valence-electron chi connectivity index (χ1n) is 8.89. The molecule has 0 N–H and O–H groups in total. The van der Waals surface area contributed by atoms with Crippen molar-refractivity contribution in [3.63, 3.8) is 0 Å². The summed E-state index contributed by atoms with van der Waals surface area (Å²) < 4.78 is 5.29. The largest absolute Gasteiger partial charge is 0.466 e. The van der Waals surface area contributed by atoms with Gasteiger partial charge in [0.15, 0.2) is 0 Å². The number of ether oxygens (including phenoxy) is 1. The minimum Gasteiger partial charge on any atom is -0.466 e. The van der Waals surface area contributed by atoms with E-state index in [4.69, 9.17) is 4.74 Å². The number of alkyl halides is 1. The number of hydrogen-bond acceptors (Lipinski definition) is 2. The molecule has 0 aromatic carbocycles. The molecule has 0 atom stereocenters. The zero-order valence-corrected chi connectivity index (χ0v) is 15.4. The molecule has 3 heteroatoms. The van der Waals surface area contributed by atoms with Crippen LogP contribution in [0.4, 0.5) is 0 Å². The van der Waals surface area contributed by atoms with E-state index in [1.165, 1.54) is 38.5 Å². The Morgan fingerprint density at radius 2 is 1.50 bits per heavy atom. The van der Waals surface area contributed by atoms with Crippen molar-refractivity contribution < 1.29 is 9.53 Å². The molecule has 0 amide bonds. The summed E-state index contributed by atoms with van der Waals surface area (Å²) in [5, 5.41) is 1.12. The van der Waals surface area contributed by atoms with Gasteiger partial charge in [0.25, 0.3) is 0 Å². The van der Waals surface area contributed by atoms with Crippen molar-refractivity contribution in [2.24, 2.45) is 5.92 Å². The summed E-state index contributed by atoms with van der Waals surface area (Å²) in [6.07, 6.45) is 21.1.